The van der Waals surface area contributed by atoms with Gasteiger partial charge in [0.25, 0.3) is 5.56 Å². The number of hydrogen-bond acceptors (Lipinski definition) is 5. The van der Waals surface area contributed by atoms with Crippen LogP contribution in [0.4, 0.5) is 0 Å². The van der Waals surface area contributed by atoms with Crippen molar-refractivity contribution in [2.75, 3.05) is 6.54 Å². The van der Waals surface area contributed by atoms with Crippen LogP contribution in [0.2, 0.25) is 0 Å². The summed E-state index contributed by atoms with van der Waals surface area (Å²) in [5, 5.41) is 13.5. The molecule has 2 heterocycles. The van der Waals surface area contributed by atoms with E-state index < -0.39 is 6.10 Å². The normalized spacial score (nSPS) is 13.3. The van der Waals surface area contributed by atoms with Gasteiger partial charge >= 0.3 is 0 Å². The summed E-state index contributed by atoms with van der Waals surface area (Å²) in [6.45, 7) is 8.82. The number of nitrogens with zero attached hydrogens (tertiary/aromatic N) is 1. The molecule has 2 aromatic heterocycles. The van der Waals surface area contributed by atoms with E-state index in [0.717, 1.165) is 15.3 Å². The van der Waals surface area contributed by atoms with E-state index in [-0.39, 0.29) is 11.5 Å². The zero-order chi connectivity index (χ0) is 14.9. The van der Waals surface area contributed by atoms with E-state index in [9.17, 15) is 9.90 Å². The predicted octanol–water partition coefficient (Wildman–Crippen LogP) is 1.71. The predicted molar refractivity (Wildman–Crippen MR) is 82.3 cm³/mol. The van der Waals surface area contributed by atoms with Crippen LogP contribution in [0.15, 0.2) is 4.79 Å². The molecule has 110 valence electrons. The summed E-state index contributed by atoms with van der Waals surface area (Å²) in [5.41, 5.74) is 0.923. The number of thiophene rings is 1. The highest BCUT2D eigenvalue weighted by Crippen LogP contribution is 2.25. The molecule has 20 heavy (non-hydrogen) atoms. The average Bonchev–Trinajstić information content (AvgIpc) is 2.65. The summed E-state index contributed by atoms with van der Waals surface area (Å²) < 4.78 is 0. The average molecular weight is 295 g/mol. The minimum atomic E-state index is -0.392. The van der Waals surface area contributed by atoms with Gasteiger partial charge in [0.15, 0.2) is 0 Å². The standard InChI is InChI=1S/C14H21N3O2S/c1-7(2)10(18)5-15-6-11-16-13(19)12-8(3)9(4)20-14(12)17-11/h7,10,15,18H,5-6H2,1-4H3,(H,16,17,19). The zero-order valence-electron chi connectivity index (χ0n) is 12.3. The zero-order valence-corrected chi connectivity index (χ0v) is 13.1. The Hall–Kier alpha value is -1.24. The molecule has 2 rings (SSSR count). The number of nitrogens with one attached hydrogen (secondary N) is 2. The lowest BCUT2D eigenvalue weighted by molar-refractivity contribution is 0.123. The summed E-state index contributed by atoms with van der Waals surface area (Å²) in [6.07, 6.45) is -0.392. The topological polar surface area (TPSA) is 78.0 Å². The number of aromatic nitrogens is 2. The van der Waals surface area contributed by atoms with Gasteiger partial charge in [0.05, 0.1) is 18.0 Å². The molecule has 6 heteroatoms. The van der Waals surface area contributed by atoms with Crippen molar-refractivity contribution in [3.63, 3.8) is 0 Å². The minimum Gasteiger partial charge on any atom is -0.392 e. The fourth-order valence-corrected chi connectivity index (χ4v) is 3.01. The quantitative estimate of drug-likeness (QED) is 0.784. The van der Waals surface area contributed by atoms with E-state index in [1.807, 2.05) is 27.7 Å². The lowest BCUT2D eigenvalue weighted by Gasteiger charge is -2.14. The molecular formula is C14H21N3O2S. The maximum absolute atomic E-state index is 12.1. The van der Waals surface area contributed by atoms with Crippen molar-refractivity contribution >= 4 is 21.6 Å². The Morgan fingerprint density at radius 1 is 1.40 bits per heavy atom. The Morgan fingerprint density at radius 3 is 2.75 bits per heavy atom. The minimum absolute atomic E-state index is 0.0851. The number of rotatable bonds is 5. The lowest BCUT2D eigenvalue weighted by atomic mass is 10.1. The first-order valence-corrected chi connectivity index (χ1v) is 7.59. The molecule has 0 aliphatic rings. The molecule has 3 N–H and O–H groups in total. The van der Waals surface area contributed by atoms with Crippen LogP contribution in [0.3, 0.4) is 0 Å². The molecule has 0 bridgehead atoms. The molecule has 0 saturated carbocycles. The summed E-state index contributed by atoms with van der Waals surface area (Å²) in [4.78, 5) is 21.3. The number of aliphatic hydroxyl groups excluding tert-OH is 1. The van der Waals surface area contributed by atoms with Crippen molar-refractivity contribution in [1.82, 2.24) is 15.3 Å². The van der Waals surface area contributed by atoms with Crippen LogP contribution >= 0.6 is 11.3 Å². The molecule has 0 radical (unpaired) electrons. The first kappa shape index (κ1) is 15.2. The van der Waals surface area contributed by atoms with E-state index in [1.54, 1.807) is 11.3 Å². The second kappa shape index (κ2) is 6.03. The third-order valence-electron chi connectivity index (χ3n) is 3.50. The highest BCUT2D eigenvalue weighted by atomic mass is 32.1. The van der Waals surface area contributed by atoms with Crippen molar-refractivity contribution in [1.29, 1.82) is 0 Å². The van der Waals surface area contributed by atoms with Gasteiger partial charge in [-0.25, -0.2) is 4.98 Å². The molecule has 0 saturated heterocycles. The van der Waals surface area contributed by atoms with Gasteiger partial charge in [0.1, 0.15) is 10.7 Å². The van der Waals surface area contributed by atoms with Gasteiger partial charge in [0, 0.05) is 11.4 Å². The van der Waals surface area contributed by atoms with Gasteiger partial charge in [-0.05, 0) is 25.3 Å². The Morgan fingerprint density at radius 2 is 2.10 bits per heavy atom. The van der Waals surface area contributed by atoms with Crippen molar-refractivity contribution in [3.05, 3.63) is 26.6 Å². The van der Waals surface area contributed by atoms with Crippen molar-refractivity contribution < 1.29 is 5.11 Å². The maximum Gasteiger partial charge on any atom is 0.259 e. The van der Waals surface area contributed by atoms with Crippen molar-refractivity contribution in [2.24, 2.45) is 5.92 Å². The fraction of sp³-hybridized carbons (Fsp3) is 0.571. The van der Waals surface area contributed by atoms with Gasteiger partial charge < -0.3 is 15.4 Å². The number of aryl methyl sites for hydroxylation is 2. The maximum atomic E-state index is 12.1. The van der Waals surface area contributed by atoms with Crippen molar-refractivity contribution in [2.45, 2.75) is 40.3 Å². The molecule has 1 unspecified atom stereocenters. The molecule has 0 aliphatic heterocycles. The number of H-pyrrole nitrogens is 1. The largest absolute Gasteiger partial charge is 0.392 e. The van der Waals surface area contributed by atoms with Crippen LogP contribution in [0, 0.1) is 19.8 Å². The summed E-state index contributed by atoms with van der Waals surface area (Å²) >= 11 is 1.54. The third-order valence-corrected chi connectivity index (χ3v) is 4.60. The third kappa shape index (κ3) is 3.08. The van der Waals surface area contributed by atoms with Gasteiger partial charge in [0.2, 0.25) is 0 Å². The van der Waals surface area contributed by atoms with Crippen LogP contribution in [-0.4, -0.2) is 27.7 Å². The van der Waals surface area contributed by atoms with E-state index in [2.05, 4.69) is 15.3 Å². The molecular weight excluding hydrogens is 274 g/mol. The monoisotopic (exact) mass is 295 g/mol. The Balaban J connectivity index is 2.14. The van der Waals surface area contributed by atoms with Gasteiger partial charge in [-0.3, -0.25) is 4.79 Å². The number of aromatic amines is 1. The molecule has 0 aliphatic carbocycles. The molecule has 2 aromatic rings. The fourth-order valence-electron chi connectivity index (χ4n) is 1.96. The van der Waals surface area contributed by atoms with Gasteiger partial charge in [-0.15, -0.1) is 11.3 Å². The van der Waals surface area contributed by atoms with Crippen molar-refractivity contribution in [3.8, 4) is 0 Å². The first-order valence-electron chi connectivity index (χ1n) is 6.77. The van der Waals surface area contributed by atoms with Gasteiger partial charge in [-0.1, -0.05) is 13.8 Å². The Bertz CT molecular complexity index is 660. The van der Waals surface area contributed by atoms with Crippen LogP contribution in [0.5, 0.6) is 0 Å². The van der Waals surface area contributed by atoms with E-state index >= 15 is 0 Å². The Labute approximate surface area is 122 Å². The van der Waals surface area contributed by atoms with Crippen LogP contribution in [0.1, 0.15) is 30.1 Å². The second-order valence-corrected chi connectivity index (χ2v) is 6.62. The van der Waals surface area contributed by atoms with Crippen LogP contribution in [0.25, 0.3) is 10.2 Å². The smallest absolute Gasteiger partial charge is 0.259 e. The highest BCUT2D eigenvalue weighted by molar-refractivity contribution is 7.18. The van der Waals surface area contributed by atoms with Crippen LogP contribution in [-0.2, 0) is 6.54 Å². The molecule has 0 fully saturated rings. The molecule has 0 aromatic carbocycles. The lowest BCUT2D eigenvalue weighted by Crippen LogP contribution is -2.31. The molecule has 1 atom stereocenters. The van der Waals surface area contributed by atoms with E-state index in [0.29, 0.717) is 24.3 Å². The van der Waals surface area contributed by atoms with E-state index in [1.165, 1.54) is 0 Å². The number of fused-ring (bicyclic) bond motifs is 1. The Kier molecular flexibility index (Phi) is 4.57. The molecule has 0 spiro atoms. The van der Waals surface area contributed by atoms with Crippen LogP contribution < -0.4 is 10.9 Å². The van der Waals surface area contributed by atoms with Gasteiger partial charge in [-0.2, -0.15) is 0 Å². The summed E-state index contributed by atoms with van der Waals surface area (Å²) in [6, 6.07) is 0. The second-order valence-electron chi connectivity index (χ2n) is 5.42. The van der Waals surface area contributed by atoms with E-state index in [4.69, 9.17) is 0 Å². The summed E-state index contributed by atoms with van der Waals surface area (Å²) in [7, 11) is 0. The first-order chi connectivity index (χ1) is 9.40. The number of hydrogen-bond donors (Lipinski definition) is 3. The SMILES string of the molecule is Cc1sc2nc(CNCC(O)C(C)C)[nH]c(=O)c2c1C. The summed E-state index contributed by atoms with van der Waals surface area (Å²) in [5.74, 6) is 0.819. The molecule has 0 amide bonds. The number of aliphatic hydroxyl groups is 1. The highest BCUT2D eigenvalue weighted by Gasteiger charge is 2.12. The molecule has 5 nitrogen and oxygen atoms in total.